The molecule has 0 amide bonds. The minimum atomic E-state index is -2.80. The average molecular weight is 235 g/mol. The fourth-order valence-electron chi connectivity index (χ4n) is 1.84. The van der Waals surface area contributed by atoms with Crippen LogP contribution in [-0.2, 0) is 14.6 Å². The van der Waals surface area contributed by atoms with E-state index >= 15 is 0 Å². The first-order valence-corrected chi connectivity index (χ1v) is 7.30. The van der Waals surface area contributed by atoms with Gasteiger partial charge in [0.25, 0.3) is 0 Å². The zero-order chi connectivity index (χ0) is 11.5. The van der Waals surface area contributed by atoms with E-state index in [9.17, 15) is 8.42 Å². The summed E-state index contributed by atoms with van der Waals surface area (Å²) in [4.78, 5) is 0. The van der Waals surface area contributed by atoms with Crippen molar-refractivity contribution >= 4 is 9.84 Å². The quantitative estimate of drug-likeness (QED) is 0.756. The lowest BCUT2D eigenvalue weighted by atomic mass is 9.98. The predicted octanol–water partition coefficient (Wildman–Crippen LogP) is 0.563. The van der Waals surface area contributed by atoms with Crippen molar-refractivity contribution in [1.82, 2.24) is 0 Å². The monoisotopic (exact) mass is 235 g/mol. The van der Waals surface area contributed by atoms with Gasteiger partial charge in [-0.3, -0.25) is 0 Å². The highest BCUT2D eigenvalue weighted by Gasteiger charge is 2.31. The molecule has 0 aromatic heterocycles. The summed E-state index contributed by atoms with van der Waals surface area (Å²) in [5, 5.41) is 0. The molecule has 1 aliphatic heterocycles. The van der Waals surface area contributed by atoms with Gasteiger partial charge in [0, 0.05) is 12.6 Å². The Balaban J connectivity index is 2.26. The fraction of sp³-hybridized carbons (Fsp3) is 1.00. The highest BCUT2D eigenvalue weighted by molar-refractivity contribution is 7.91. The lowest BCUT2D eigenvalue weighted by Crippen LogP contribution is -2.32. The minimum Gasteiger partial charge on any atom is -0.379 e. The third-order valence-electron chi connectivity index (χ3n) is 2.78. The molecule has 0 aromatic rings. The van der Waals surface area contributed by atoms with E-state index in [0.29, 0.717) is 18.8 Å². The smallest absolute Gasteiger partial charge is 0.150 e. The number of hydrogen-bond donors (Lipinski definition) is 1. The van der Waals surface area contributed by atoms with Crippen LogP contribution in [0, 0.1) is 5.92 Å². The van der Waals surface area contributed by atoms with Crippen LogP contribution in [0.3, 0.4) is 0 Å². The standard InChI is InChI=1S/C10H21NO3S/c1-8(2)14-5-3-10(11)9-4-6-15(12,13)7-9/h8-10H,3-7,11H2,1-2H3. The van der Waals surface area contributed by atoms with Gasteiger partial charge in [-0.15, -0.1) is 0 Å². The molecule has 0 aliphatic carbocycles. The molecule has 15 heavy (non-hydrogen) atoms. The first-order valence-electron chi connectivity index (χ1n) is 5.48. The molecular formula is C10H21NO3S. The minimum absolute atomic E-state index is 0.0407. The Labute approximate surface area is 92.1 Å². The Bertz CT molecular complexity index is 287. The molecule has 0 bridgehead atoms. The summed E-state index contributed by atoms with van der Waals surface area (Å²) in [5.74, 6) is 0.692. The first-order chi connectivity index (χ1) is 6.91. The Kier molecular flexibility index (Phi) is 4.55. The van der Waals surface area contributed by atoms with Crippen LogP contribution in [0.4, 0.5) is 0 Å². The molecule has 1 saturated heterocycles. The normalized spacial score (nSPS) is 27.1. The van der Waals surface area contributed by atoms with E-state index in [1.807, 2.05) is 13.8 Å². The van der Waals surface area contributed by atoms with Crippen LogP contribution in [0.15, 0.2) is 0 Å². The molecule has 0 saturated carbocycles. The third-order valence-corrected chi connectivity index (χ3v) is 4.57. The molecule has 1 rings (SSSR count). The second-order valence-corrected chi connectivity index (χ2v) is 6.76. The van der Waals surface area contributed by atoms with Gasteiger partial charge in [-0.2, -0.15) is 0 Å². The van der Waals surface area contributed by atoms with E-state index in [0.717, 1.165) is 6.42 Å². The number of ether oxygens (including phenoxy) is 1. The second-order valence-electron chi connectivity index (χ2n) is 4.54. The van der Waals surface area contributed by atoms with Crippen molar-refractivity contribution in [3.8, 4) is 0 Å². The van der Waals surface area contributed by atoms with Crippen LogP contribution in [-0.4, -0.2) is 38.7 Å². The maximum Gasteiger partial charge on any atom is 0.150 e. The van der Waals surface area contributed by atoms with Gasteiger partial charge in [-0.05, 0) is 32.6 Å². The molecule has 0 aromatic carbocycles. The van der Waals surface area contributed by atoms with Crippen LogP contribution in [0.2, 0.25) is 0 Å². The fourth-order valence-corrected chi connectivity index (χ4v) is 3.73. The Hall–Kier alpha value is -0.130. The number of nitrogens with two attached hydrogens (primary N) is 1. The van der Waals surface area contributed by atoms with Gasteiger partial charge < -0.3 is 10.5 Å². The molecule has 2 unspecified atom stereocenters. The van der Waals surface area contributed by atoms with E-state index in [2.05, 4.69) is 0 Å². The third kappa shape index (κ3) is 4.49. The zero-order valence-corrected chi connectivity index (χ0v) is 10.3. The van der Waals surface area contributed by atoms with Crippen molar-refractivity contribution in [2.45, 2.75) is 38.8 Å². The topological polar surface area (TPSA) is 69.4 Å². The molecule has 90 valence electrons. The highest BCUT2D eigenvalue weighted by atomic mass is 32.2. The Morgan fingerprint density at radius 3 is 2.60 bits per heavy atom. The van der Waals surface area contributed by atoms with Crippen LogP contribution in [0.5, 0.6) is 0 Å². The van der Waals surface area contributed by atoms with Crippen molar-refractivity contribution in [2.75, 3.05) is 18.1 Å². The van der Waals surface area contributed by atoms with Crippen LogP contribution in [0.25, 0.3) is 0 Å². The molecular weight excluding hydrogens is 214 g/mol. The van der Waals surface area contributed by atoms with Crippen LogP contribution < -0.4 is 5.73 Å². The van der Waals surface area contributed by atoms with Crippen molar-refractivity contribution in [1.29, 1.82) is 0 Å². The van der Waals surface area contributed by atoms with Gasteiger partial charge >= 0.3 is 0 Å². The van der Waals surface area contributed by atoms with Crippen molar-refractivity contribution in [3.63, 3.8) is 0 Å². The summed E-state index contributed by atoms with van der Waals surface area (Å²) in [5.41, 5.74) is 5.94. The van der Waals surface area contributed by atoms with E-state index < -0.39 is 9.84 Å². The molecule has 5 heteroatoms. The van der Waals surface area contributed by atoms with Gasteiger partial charge in [0.15, 0.2) is 9.84 Å². The van der Waals surface area contributed by atoms with Gasteiger partial charge in [0.05, 0.1) is 17.6 Å². The SMILES string of the molecule is CC(C)OCCC(N)C1CCS(=O)(=O)C1. The second kappa shape index (κ2) is 5.27. The summed E-state index contributed by atoms with van der Waals surface area (Å²) in [6, 6.07) is -0.0407. The molecule has 4 nitrogen and oxygen atoms in total. The Morgan fingerprint density at radius 2 is 2.13 bits per heavy atom. The lowest BCUT2D eigenvalue weighted by molar-refractivity contribution is 0.0709. The van der Waals surface area contributed by atoms with Crippen LogP contribution in [0.1, 0.15) is 26.7 Å². The van der Waals surface area contributed by atoms with E-state index in [1.165, 1.54) is 0 Å². The summed E-state index contributed by atoms with van der Waals surface area (Å²) >= 11 is 0. The largest absolute Gasteiger partial charge is 0.379 e. The molecule has 0 radical (unpaired) electrons. The van der Waals surface area contributed by atoms with Gasteiger partial charge in [-0.1, -0.05) is 0 Å². The number of hydrogen-bond acceptors (Lipinski definition) is 4. The maximum atomic E-state index is 11.2. The van der Waals surface area contributed by atoms with E-state index in [4.69, 9.17) is 10.5 Å². The average Bonchev–Trinajstić information content (AvgIpc) is 2.45. The van der Waals surface area contributed by atoms with Gasteiger partial charge in [0.2, 0.25) is 0 Å². The molecule has 2 atom stereocenters. The molecule has 0 spiro atoms. The Morgan fingerprint density at radius 1 is 1.47 bits per heavy atom. The summed E-state index contributed by atoms with van der Waals surface area (Å²) in [6.45, 7) is 4.58. The first kappa shape index (κ1) is 12.9. The number of rotatable bonds is 5. The maximum absolute atomic E-state index is 11.2. The molecule has 1 fully saturated rings. The molecule has 1 aliphatic rings. The van der Waals surface area contributed by atoms with Gasteiger partial charge in [-0.25, -0.2) is 8.42 Å². The van der Waals surface area contributed by atoms with E-state index in [1.54, 1.807) is 0 Å². The lowest BCUT2D eigenvalue weighted by Gasteiger charge is -2.18. The van der Waals surface area contributed by atoms with Crippen molar-refractivity contribution < 1.29 is 13.2 Å². The summed E-state index contributed by atoms with van der Waals surface area (Å²) in [7, 11) is -2.80. The highest BCUT2D eigenvalue weighted by Crippen LogP contribution is 2.22. The zero-order valence-electron chi connectivity index (χ0n) is 9.48. The predicted molar refractivity (Wildman–Crippen MR) is 60.4 cm³/mol. The summed E-state index contributed by atoms with van der Waals surface area (Å²) < 4.78 is 27.9. The summed E-state index contributed by atoms with van der Waals surface area (Å²) in [6.07, 6.45) is 1.67. The van der Waals surface area contributed by atoms with Crippen molar-refractivity contribution in [2.24, 2.45) is 11.7 Å². The van der Waals surface area contributed by atoms with E-state index in [-0.39, 0.29) is 23.8 Å². The molecule has 1 heterocycles. The molecule has 2 N–H and O–H groups in total. The number of sulfone groups is 1. The van der Waals surface area contributed by atoms with Crippen molar-refractivity contribution in [3.05, 3.63) is 0 Å². The van der Waals surface area contributed by atoms with Gasteiger partial charge in [0.1, 0.15) is 0 Å². The van der Waals surface area contributed by atoms with Crippen LogP contribution >= 0.6 is 0 Å².